The molecule has 1 aliphatic rings. The van der Waals surface area contributed by atoms with Crippen molar-refractivity contribution in [2.75, 3.05) is 6.54 Å². The zero-order valence-corrected chi connectivity index (χ0v) is 10.7. The number of nitrogens with two attached hydrogens (primary N) is 1. The lowest BCUT2D eigenvalue weighted by atomic mass is 10.1. The van der Waals surface area contributed by atoms with Crippen LogP contribution in [0, 0.1) is 17.6 Å². The molecule has 5 heteroatoms. The predicted molar refractivity (Wildman–Crippen MR) is 68.4 cm³/mol. The molecule has 0 aliphatic heterocycles. The zero-order valence-electron chi connectivity index (χ0n) is 10.7. The Morgan fingerprint density at radius 2 is 1.95 bits per heavy atom. The molecule has 2 unspecified atom stereocenters. The molecule has 2 atom stereocenters. The van der Waals surface area contributed by atoms with Crippen molar-refractivity contribution in [3.05, 3.63) is 35.4 Å². The third-order valence-corrected chi connectivity index (χ3v) is 3.48. The Labute approximate surface area is 111 Å². The van der Waals surface area contributed by atoms with Crippen molar-refractivity contribution in [2.24, 2.45) is 11.7 Å². The van der Waals surface area contributed by atoms with Gasteiger partial charge in [0, 0.05) is 24.6 Å². The summed E-state index contributed by atoms with van der Waals surface area (Å²) < 4.78 is 25.9. The van der Waals surface area contributed by atoms with E-state index in [9.17, 15) is 13.6 Å². The number of hydrogen-bond acceptors (Lipinski definition) is 2. The summed E-state index contributed by atoms with van der Waals surface area (Å²) >= 11 is 0. The van der Waals surface area contributed by atoms with Crippen LogP contribution >= 0.6 is 0 Å². The fraction of sp³-hybridized carbons (Fsp3) is 0.500. The number of nitrogens with one attached hydrogen (secondary N) is 1. The van der Waals surface area contributed by atoms with Crippen LogP contribution < -0.4 is 11.1 Å². The van der Waals surface area contributed by atoms with Gasteiger partial charge in [0.05, 0.1) is 0 Å². The monoisotopic (exact) mass is 268 g/mol. The van der Waals surface area contributed by atoms with Gasteiger partial charge in [0.15, 0.2) is 0 Å². The lowest BCUT2D eigenvalue weighted by molar-refractivity contribution is -0.124. The summed E-state index contributed by atoms with van der Waals surface area (Å²) in [6.45, 7) is 0.382. The Bertz CT molecular complexity index is 445. The van der Waals surface area contributed by atoms with Crippen LogP contribution in [-0.2, 0) is 11.2 Å². The minimum Gasteiger partial charge on any atom is -0.356 e. The van der Waals surface area contributed by atoms with Crippen LogP contribution in [0.2, 0.25) is 0 Å². The number of amides is 1. The lowest BCUT2D eigenvalue weighted by Crippen LogP contribution is -2.31. The molecule has 1 amide bonds. The first-order valence-electron chi connectivity index (χ1n) is 6.53. The van der Waals surface area contributed by atoms with Gasteiger partial charge in [-0.2, -0.15) is 0 Å². The van der Waals surface area contributed by atoms with Crippen molar-refractivity contribution >= 4 is 5.91 Å². The standard InChI is InChI=1S/C14H18F2N2O/c15-11-5-9(6-12(16)8-11)3-4-18-14(19)10-1-2-13(17)7-10/h5-6,8,10,13H,1-4,7,17H2,(H,18,19). The van der Waals surface area contributed by atoms with Crippen molar-refractivity contribution in [1.29, 1.82) is 0 Å². The van der Waals surface area contributed by atoms with E-state index in [4.69, 9.17) is 5.73 Å². The highest BCUT2D eigenvalue weighted by atomic mass is 19.1. The summed E-state index contributed by atoms with van der Waals surface area (Å²) in [6.07, 6.45) is 2.84. The molecule has 2 rings (SSSR count). The largest absolute Gasteiger partial charge is 0.356 e. The van der Waals surface area contributed by atoms with Gasteiger partial charge < -0.3 is 11.1 Å². The quantitative estimate of drug-likeness (QED) is 0.874. The maximum absolute atomic E-state index is 13.0. The summed E-state index contributed by atoms with van der Waals surface area (Å²) in [7, 11) is 0. The lowest BCUT2D eigenvalue weighted by Gasteiger charge is -2.10. The molecule has 0 spiro atoms. The molecule has 0 radical (unpaired) electrons. The molecule has 19 heavy (non-hydrogen) atoms. The smallest absolute Gasteiger partial charge is 0.223 e. The fourth-order valence-corrected chi connectivity index (χ4v) is 2.48. The molecule has 0 aromatic heterocycles. The minimum absolute atomic E-state index is 0.00942. The number of rotatable bonds is 4. The molecular weight excluding hydrogens is 250 g/mol. The summed E-state index contributed by atoms with van der Waals surface area (Å²) in [5, 5.41) is 2.79. The zero-order chi connectivity index (χ0) is 13.8. The highest BCUT2D eigenvalue weighted by molar-refractivity contribution is 5.79. The van der Waals surface area contributed by atoms with Crippen LogP contribution in [0.15, 0.2) is 18.2 Å². The van der Waals surface area contributed by atoms with Gasteiger partial charge in [0.25, 0.3) is 0 Å². The van der Waals surface area contributed by atoms with Crippen molar-refractivity contribution < 1.29 is 13.6 Å². The first-order chi connectivity index (χ1) is 9.04. The number of hydrogen-bond donors (Lipinski definition) is 2. The second kappa shape index (κ2) is 6.10. The maximum atomic E-state index is 13.0. The normalized spacial score (nSPS) is 22.5. The van der Waals surface area contributed by atoms with Crippen molar-refractivity contribution in [3.8, 4) is 0 Å². The summed E-state index contributed by atoms with van der Waals surface area (Å²) in [5.41, 5.74) is 6.30. The highest BCUT2D eigenvalue weighted by Crippen LogP contribution is 2.23. The van der Waals surface area contributed by atoms with Crippen LogP contribution in [0.5, 0.6) is 0 Å². The van der Waals surface area contributed by atoms with Gasteiger partial charge in [-0.15, -0.1) is 0 Å². The predicted octanol–water partition coefficient (Wildman–Crippen LogP) is 1.75. The van der Waals surface area contributed by atoms with E-state index in [-0.39, 0.29) is 17.9 Å². The van der Waals surface area contributed by atoms with E-state index in [0.29, 0.717) is 18.5 Å². The van der Waals surface area contributed by atoms with E-state index in [1.807, 2.05) is 0 Å². The van der Waals surface area contributed by atoms with Gasteiger partial charge in [-0.25, -0.2) is 8.78 Å². The van der Waals surface area contributed by atoms with E-state index in [1.54, 1.807) is 0 Å². The van der Waals surface area contributed by atoms with Crippen LogP contribution in [0.4, 0.5) is 8.78 Å². The minimum atomic E-state index is -0.594. The van der Waals surface area contributed by atoms with Gasteiger partial charge >= 0.3 is 0 Å². The van der Waals surface area contributed by atoms with Gasteiger partial charge in [0.2, 0.25) is 5.91 Å². The number of carbonyl (C=O) groups is 1. The molecular formula is C14H18F2N2O. The van der Waals surface area contributed by atoms with Gasteiger partial charge in [0.1, 0.15) is 11.6 Å². The third kappa shape index (κ3) is 3.99. The molecule has 1 aromatic rings. The van der Waals surface area contributed by atoms with Crippen molar-refractivity contribution in [2.45, 2.75) is 31.7 Å². The van der Waals surface area contributed by atoms with Crippen LogP contribution in [-0.4, -0.2) is 18.5 Å². The van der Waals surface area contributed by atoms with Crippen LogP contribution in [0.25, 0.3) is 0 Å². The van der Waals surface area contributed by atoms with E-state index in [1.165, 1.54) is 12.1 Å². The number of benzene rings is 1. The molecule has 104 valence electrons. The summed E-state index contributed by atoms with van der Waals surface area (Å²) in [6, 6.07) is 3.51. The van der Waals surface area contributed by atoms with E-state index in [0.717, 1.165) is 25.3 Å². The van der Waals surface area contributed by atoms with Gasteiger partial charge in [-0.3, -0.25) is 4.79 Å². The molecule has 1 saturated carbocycles. The van der Waals surface area contributed by atoms with Crippen LogP contribution in [0.1, 0.15) is 24.8 Å². The van der Waals surface area contributed by atoms with E-state index < -0.39 is 11.6 Å². The number of carbonyl (C=O) groups excluding carboxylic acids is 1. The molecule has 0 heterocycles. The Balaban J connectivity index is 1.78. The first kappa shape index (κ1) is 13.9. The van der Waals surface area contributed by atoms with Gasteiger partial charge in [-0.1, -0.05) is 0 Å². The van der Waals surface area contributed by atoms with Crippen molar-refractivity contribution in [3.63, 3.8) is 0 Å². The Hall–Kier alpha value is -1.49. The van der Waals surface area contributed by atoms with Crippen molar-refractivity contribution in [1.82, 2.24) is 5.32 Å². The molecule has 3 N–H and O–H groups in total. The first-order valence-corrected chi connectivity index (χ1v) is 6.53. The Kier molecular flexibility index (Phi) is 4.47. The van der Waals surface area contributed by atoms with E-state index in [2.05, 4.69) is 5.32 Å². The third-order valence-electron chi connectivity index (χ3n) is 3.48. The molecule has 1 aliphatic carbocycles. The number of halogens is 2. The average molecular weight is 268 g/mol. The topological polar surface area (TPSA) is 55.1 Å². The second-order valence-corrected chi connectivity index (χ2v) is 5.09. The van der Waals surface area contributed by atoms with Gasteiger partial charge in [-0.05, 0) is 43.4 Å². The second-order valence-electron chi connectivity index (χ2n) is 5.09. The molecule has 1 fully saturated rings. The molecule has 1 aromatic carbocycles. The maximum Gasteiger partial charge on any atom is 0.223 e. The fourth-order valence-electron chi connectivity index (χ4n) is 2.48. The highest BCUT2D eigenvalue weighted by Gasteiger charge is 2.27. The van der Waals surface area contributed by atoms with Crippen LogP contribution in [0.3, 0.4) is 0 Å². The summed E-state index contributed by atoms with van der Waals surface area (Å²) in [5.74, 6) is -1.21. The average Bonchev–Trinajstić information content (AvgIpc) is 2.74. The Morgan fingerprint density at radius 3 is 2.53 bits per heavy atom. The Morgan fingerprint density at radius 1 is 1.26 bits per heavy atom. The molecule has 3 nitrogen and oxygen atoms in total. The van der Waals surface area contributed by atoms with E-state index >= 15 is 0 Å². The SMILES string of the molecule is NC1CCC(C(=O)NCCc2cc(F)cc(F)c2)C1. The molecule has 0 bridgehead atoms. The molecule has 0 saturated heterocycles. The summed E-state index contributed by atoms with van der Waals surface area (Å²) in [4.78, 5) is 11.8.